The Labute approximate surface area is 101 Å². The lowest BCUT2D eigenvalue weighted by molar-refractivity contribution is 0.0327. The summed E-state index contributed by atoms with van der Waals surface area (Å²) in [5.41, 5.74) is 0.296. The van der Waals surface area contributed by atoms with Crippen molar-refractivity contribution < 1.29 is 5.11 Å². The summed E-state index contributed by atoms with van der Waals surface area (Å²) in [7, 11) is 0. The highest BCUT2D eigenvalue weighted by atomic mass is 35.5. The third-order valence-electron chi connectivity index (χ3n) is 2.85. The van der Waals surface area contributed by atoms with E-state index in [1.54, 1.807) is 12.1 Å². The maximum Gasteiger partial charge on any atom is 0.0683 e. The molecule has 1 aromatic rings. The van der Waals surface area contributed by atoms with Crippen molar-refractivity contribution in [3.05, 3.63) is 33.8 Å². The average Bonchev–Trinajstić information content (AvgIpc) is 2.22. The molecular weight excluding hydrogens is 231 g/mol. The highest BCUT2D eigenvalue weighted by Gasteiger charge is 2.23. The van der Waals surface area contributed by atoms with Crippen LogP contribution in [0.5, 0.6) is 0 Å². The lowest BCUT2D eigenvalue weighted by Gasteiger charge is -2.25. The summed E-state index contributed by atoms with van der Waals surface area (Å²) < 4.78 is 0. The highest BCUT2D eigenvalue weighted by Crippen LogP contribution is 2.27. The Kier molecular flexibility index (Phi) is 4.45. The van der Waals surface area contributed by atoms with E-state index >= 15 is 0 Å². The Bertz CT molecular complexity index is 332. The molecule has 0 saturated carbocycles. The van der Waals surface area contributed by atoms with Crippen molar-refractivity contribution in [1.29, 1.82) is 0 Å². The van der Waals surface area contributed by atoms with E-state index in [9.17, 15) is 5.11 Å². The molecule has 15 heavy (non-hydrogen) atoms. The molecule has 3 heteroatoms. The number of rotatable bonds is 4. The zero-order chi connectivity index (χ0) is 11.5. The standard InChI is InChI=1S/C12H16Cl2O/c1-3-12(15,4-2)8-9-5-6-10(13)7-11(9)14/h5-7,15H,3-4,8H2,1-2H3. The maximum absolute atomic E-state index is 10.2. The number of aliphatic hydroxyl groups is 1. The molecule has 0 spiro atoms. The second kappa shape index (κ2) is 5.20. The van der Waals surface area contributed by atoms with Gasteiger partial charge in [-0.15, -0.1) is 0 Å². The van der Waals surface area contributed by atoms with E-state index in [-0.39, 0.29) is 0 Å². The van der Waals surface area contributed by atoms with Gasteiger partial charge in [-0.2, -0.15) is 0 Å². The first kappa shape index (κ1) is 12.8. The molecule has 0 aliphatic carbocycles. The van der Waals surface area contributed by atoms with Crippen LogP contribution in [0.2, 0.25) is 10.0 Å². The summed E-state index contributed by atoms with van der Waals surface area (Å²) in [5, 5.41) is 11.4. The van der Waals surface area contributed by atoms with Crippen LogP contribution in [0.4, 0.5) is 0 Å². The lowest BCUT2D eigenvalue weighted by atomic mass is 9.89. The van der Waals surface area contributed by atoms with Crippen LogP contribution in [0, 0.1) is 0 Å². The minimum absolute atomic E-state index is 0.579. The van der Waals surface area contributed by atoms with Crippen molar-refractivity contribution in [1.82, 2.24) is 0 Å². The fourth-order valence-corrected chi connectivity index (χ4v) is 1.99. The molecule has 1 N–H and O–H groups in total. The normalized spacial score (nSPS) is 11.8. The van der Waals surface area contributed by atoms with Gasteiger partial charge in [0.1, 0.15) is 0 Å². The van der Waals surface area contributed by atoms with Gasteiger partial charge in [0.2, 0.25) is 0 Å². The van der Waals surface area contributed by atoms with E-state index in [0.29, 0.717) is 16.5 Å². The van der Waals surface area contributed by atoms with Crippen LogP contribution < -0.4 is 0 Å². The molecule has 1 aromatic carbocycles. The molecule has 1 nitrogen and oxygen atoms in total. The van der Waals surface area contributed by atoms with Crippen LogP contribution in [-0.2, 0) is 6.42 Å². The third kappa shape index (κ3) is 3.37. The summed E-state index contributed by atoms with van der Waals surface area (Å²) in [6.45, 7) is 3.96. The van der Waals surface area contributed by atoms with E-state index in [1.807, 2.05) is 19.9 Å². The Morgan fingerprint density at radius 1 is 1.20 bits per heavy atom. The number of hydrogen-bond acceptors (Lipinski definition) is 1. The van der Waals surface area contributed by atoms with Gasteiger partial charge in [-0.1, -0.05) is 43.1 Å². The van der Waals surface area contributed by atoms with Crippen LogP contribution in [0.15, 0.2) is 18.2 Å². The molecule has 0 heterocycles. The molecule has 0 unspecified atom stereocenters. The number of benzene rings is 1. The molecule has 0 atom stereocenters. The topological polar surface area (TPSA) is 20.2 Å². The van der Waals surface area contributed by atoms with Crippen LogP contribution in [0.3, 0.4) is 0 Å². The van der Waals surface area contributed by atoms with Crippen molar-refractivity contribution in [2.75, 3.05) is 0 Å². The van der Waals surface area contributed by atoms with Gasteiger partial charge in [0.05, 0.1) is 5.60 Å². The first-order valence-corrected chi connectivity index (χ1v) is 5.92. The van der Waals surface area contributed by atoms with Crippen LogP contribution in [-0.4, -0.2) is 10.7 Å². The molecule has 0 fully saturated rings. The summed E-state index contributed by atoms with van der Waals surface area (Å²) in [6.07, 6.45) is 2.03. The second-order valence-electron chi connectivity index (χ2n) is 3.84. The molecule has 0 saturated heterocycles. The zero-order valence-electron chi connectivity index (χ0n) is 9.06. The van der Waals surface area contributed by atoms with Crippen molar-refractivity contribution in [3.63, 3.8) is 0 Å². The Morgan fingerprint density at radius 3 is 2.27 bits per heavy atom. The van der Waals surface area contributed by atoms with Gasteiger partial charge in [-0.05, 0) is 30.5 Å². The fraction of sp³-hybridized carbons (Fsp3) is 0.500. The summed E-state index contributed by atoms with van der Waals surface area (Å²) in [5.74, 6) is 0. The number of halogens is 2. The summed E-state index contributed by atoms with van der Waals surface area (Å²) in [6, 6.07) is 5.39. The fourth-order valence-electron chi connectivity index (χ4n) is 1.52. The minimum atomic E-state index is -0.655. The Hall–Kier alpha value is -0.240. The molecule has 0 bridgehead atoms. The van der Waals surface area contributed by atoms with Crippen molar-refractivity contribution in [2.24, 2.45) is 0 Å². The minimum Gasteiger partial charge on any atom is -0.390 e. The first-order valence-electron chi connectivity index (χ1n) is 5.17. The van der Waals surface area contributed by atoms with Crippen molar-refractivity contribution in [3.8, 4) is 0 Å². The smallest absolute Gasteiger partial charge is 0.0683 e. The average molecular weight is 247 g/mol. The molecule has 0 aliphatic heterocycles. The van der Waals surface area contributed by atoms with Crippen molar-refractivity contribution in [2.45, 2.75) is 38.7 Å². The second-order valence-corrected chi connectivity index (χ2v) is 4.69. The Balaban J connectivity index is 2.89. The van der Waals surface area contributed by atoms with E-state index in [4.69, 9.17) is 23.2 Å². The van der Waals surface area contributed by atoms with Crippen LogP contribution >= 0.6 is 23.2 Å². The van der Waals surface area contributed by atoms with Gasteiger partial charge in [0, 0.05) is 16.5 Å². The van der Waals surface area contributed by atoms with E-state index < -0.39 is 5.60 Å². The van der Waals surface area contributed by atoms with Gasteiger partial charge in [0.25, 0.3) is 0 Å². The first-order chi connectivity index (χ1) is 7.00. The number of hydrogen-bond donors (Lipinski definition) is 1. The SMILES string of the molecule is CCC(O)(CC)Cc1ccc(Cl)cc1Cl. The Morgan fingerprint density at radius 2 is 1.80 bits per heavy atom. The highest BCUT2D eigenvalue weighted by molar-refractivity contribution is 6.35. The van der Waals surface area contributed by atoms with Gasteiger partial charge in [-0.3, -0.25) is 0 Å². The van der Waals surface area contributed by atoms with E-state index in [1.165, 1.54) is 0 Å². The monoisotopic (exact) mass is 246 g/mol. The summed E-state index contributed by atoms with van der Waals surface area (Å²) in [4.78, 5) is 0. The van der Waals surface area contributed by atoms with Gasteiger partial charge in [-0.25, -0.2) is 0 Å². The van der Waals surface area contributed by atoms with Gasteiger partial charge >= 0.3 is 0 Å². The largest absolute Gasteiger partial charge is 0.390 e. The molecule has 0 radical (unpaired) electrons. The molecule has 1 rings (SSSR count). The predicted molar refractivity (Wildman–Crippen MR) is 65.7 cm³/mol. The predicted octanol–water partition coefficient (Wildman–Crippen LogP) is 4.09. The molecular formula is C12H16Cl2O. The van der Waals surface area contributed by atoms with Gasteiger partial charge in [0.15, 0.2) is 0 Å². The zero-order valence-corrected chi connectivity index (χ0v) is 10.6. The maximum atomic E-state index is 10.2. The third-order valence-corrected chi connectivity index (χ3v) is 3.44. The lowest BCUT2D eigenvalue weighted by Crippen LogP contribution is -2.29. The van der Waals surface area contributed by atoms with E-state index in [2.05, 4.69) is 0 Å². The molecule has 0 amide bonds. The summed E-state index contributed by atoms with van der Waals surface area (Å²) >= 11 is 11.9. The van der Waals surface area contributed by atoms with E-state index in [0.717, 1.165) is 18.4 Å². The van der Waals surface area contributed by atoms with Crippen LogP contribution in [0.25, 0.3) is 0 Å². The van der Waals surface area contributed by atoms with Crippen LogP contribution in [0.1, 0.15) is 32.3 Å². The quantitative estimate of drug-likeness (QED) is 0.849. The molecule has 0 aromatic heterocycles. The van der Waals surface area contributed by atoms with Crippen molar-refractivity contribution >= 4 is 23.2 Å². The molecule has 84 valence electrons. The molecule has 0 aliphatic rings. The van der Waals surface area contributed by atoms with Gasteiger partial charge < -0.3 is 5.11 Å².